The van der Waals surface area contributed by atoms with Gasteiger partial charge in [-0.2, -0.15) is 0 Å². The maximum atomic E-state index is 12.5. The van der Waals surface area contributed by atoms with Crippen LogP contribution in [-0.2, 0) is 16.1 Å². The monoisotopic (exact) mass is 399 g/mol. The molecule has 0 bridgehead atoms. The fourth-order valence-corrected chi connectivity index (χ4v) is 3.16. The molecule has 152 valence electrons. The number of esters is 1. The summed E-state index contributed by atoms with van der Waals surface area (Å²) in [6.07, 6.45) is 0. The summed E-state index contributed by atoms with van der Waals surface area (Å²) in [5.41, 5.74) is 1.16. The smallest absolute Gasteiger partial charge is 0.329 e. The molecule has 1 heterocycles. The van der Waals surface area contributed by atoms with Crippen molar-refractivity contribution in [2.75, 3.05) is 21.3 Å². The number of hydrogen-bond acceptors (Lipinski definition) is 7. The highest BCUT2D eigenvalue weighted by molar-refractivity contribution is 6.22. The van der Waals surface area contributed by atoms with Gasteiger partial charge in [-0.15, -0.1) is 0 Å². The Morgan fingerprint density at radius 1 is 0.931 bits per heavy atom. The van der Waals surface area contributed by atoms with E-state index >= 15 is 0 Å². The molecule has 0 aliphatic carbocycles. The molecule has 8 nitrogen and oxygen atoms in total. The Hall–Kier alpha value is -3.55. The molecule has 2 aromatic rings. The van der Waals surface area contributed by atoms with Crippen molar-refractivity contribution >= 4 is 17.8 Å². The first-order valence-corrected chi connectivity index (χ1v) is 8.85. The van der Waals surface area contributed by atoms with Crippen LogP contribution in [0.25, 0.3) is 0 Å². The molecule has 1 atom stereocenters. The number of fused-ring (bicyclic) bond motifs is 1. The summed E-state index contributed by atoms with van der Waals surface area (Å²) in [6.45, 7) is 1.36. The van der Waals surface area contributed by atoms with Gasteiger partial charge < -0.3 is 18.9 Å². The first-order valence-electron chi connectivity index (χ1n) is 8.85. The van der Waals surface area contributed by atoms with Crippen LogP contribution in [0.4, 0.5) is 0 Å². The summed E-state index contributed by atoms with van der Waals surface area (Å²) in [5.74, 6) is -0.457. The van der Waals surface area contributed by atoms with Crippen LogP contribution in [0.1, 0.15) is 33.2 Å². The molecule has 0 saturated carbocycles. The zero-order valence-electron chi connectivity index (χ0n) is 16.6. The molecule has 1 aliphatic rings. The van der Waals surface area contributed by atoms with Crippen LogP contribution in [0.15, 0.2) is 36.4 Å². The van der Waals surface area contributed by atoms with Crippen molar-refractivity contribution in [3.05, 3.63) is 53.1 Å². The Labute approximate surface area is 167 Å². The summed E-state index contributed by atoms with van der Waals surface area (Å²) in [5, 5.41) is 0. The minimum Gasteiger partial charge on any atom is -0.493 e. The van der Waals surface area contributed by atoms with E-state index in [4.69, 9.17) is 18.9 Å². The fourth-order valence-electron chi connectivity index (χ4n) is 3.16. The van der Waals surface area contributed by atoms with Crippen LogP contribution >= 0.6 is 0 Å². The van der Waals surface area contributed by atoms with E-state index in [9.17, 15) is 14.4 Å². The van der Waals surface area contributed by atoms with Gasteiger partial charge in [0.15, 0.2) is 11.5 Å². The van der Waals surface area contributed by atoms with E-state index in [1.54, 1.807) is 36.4 Å². The lowest BCUT2D eigenvalue weighted by Crippen LogP contribution is -2.43. The molecular formula is C21H21NO7. The number of methoxy groups -OCH3 is 3. The van der Waals surface area contributed by atoms with Crippen molar-refractivity contribution in [3.8, 4) is 17.2 Å². The molecular weight excluding hydrogens is 378 g/mol. The largest absolute Gasteiger partial charge is 0.493 e. The maximum absolute atomic E-state index is 12.5. The SMILES string of the molecule is COc1cc(COC(=O)[C@@H](C)N2C(=O)c3ccccc3C2=O)cc(OC)c1OC. The number of imide groups is 1. The molecule has 0 fully saturated rings. The molecule has 1 aliphatic heterocycles. The standard InChI is InChI=1S/C21H21NO7/c1-12(22-19(23)14-7-5-6-8-15(14)20(22)24)21(25)29-11-13-9-16(26-2)18(28-4)17(10-13)27-3/h5-10,12H,11H2,1-4H3/t12-/m1/s1. The lowest BCUT2D eigenvalue weighted by atomic mass is 10.1. The van der Waals surface area contributed by atoms with E-state index < -0.39 is 23.8 Å². The summed E-state index contributed by atoms with van der Waals surface area (Å²) in [7, 11) is 4.46. The Balaban J connectivity index is 1.73. The van der Waals surface area contributed by atoms with Crippen LogP contribution in [0.3, 0.4) is 0 Å². The van der Waals surface area contributed by atoms with Crippen LogP contribution < -0.4 is 14.2 Å². The third-order valence-corrected chi connectivity index (χ3v) is 4.66. The zero-order valence-corrected chi connectivity index (χ0v) is 16.6. The summed E-state index contributed by atoms with van der Waals surface area (Å²) < 4.78 is 21.1. The molecule has 0 N–H and O–H groups in total. The van der Waals surface area contributed by atoms with Gasteiger partial charge in [-0.3, -0.25) is 14.5 Å². The fraction of sp³-hybridized carbons (Fsp3) is 0.286. The molecule has 0 saturated heterocycles. The summed E-state index contributed by atoms with van der Waals surface area (Å²) in [4.78, 5) is 38.5. The van der Waals surface area contributed by atoms with Gasteiger partial charge in [-0.25, -0.2) is 4.79 Å². The van der Waals surface area contributed by atoms with Gasteiger partial charge in [0, 0.05) is 0 Å². The molecule has 0 unspecified atom stereocenters. The molecule has 3 rings (SSSR count). The number of amides is 2. The van der Waals surface area contributed by atoms with Crippen molar-refractivity contribution in [1.82, 2.24) is 4.90 Å². The quantitative estimate of drug-likeness (QED) is 0.522. The lowest BCUT2D eigenvalue weighted by Gasteiger charge is -2.21. The number of nitrogens with zero attached hydrogens (tertiary/aromatic N) is 1. The predicted octanol–water partition coefficient (Wildman–Crippen LogP) is 2.44. The number of hydrogen-bond donors (Lipinski definition) is 0. The highest BCUT2D eigenvalue weighted by atomic mass is 16.5. The van der Waals surface area contributed by atoms with Gasteiger partial charge in [0.2, 0.25) is 5.75 Å². The van der Waals surface area contributed by atoms with Crippen molar-refractivity contribution in [2.45, 2.75) is 19.6 Å². The van der Waals surface area contributed by atoms with Crippen LogP contribution in [0.2, 0.25) is 0 Å². The van der Waals surface area contributed by atoms with Crippen molar-refractivity contribution in [1.29, 1.82) is 0 Å². The summed E-state index contributed by atoms with van der Waals surface area (Å²) in [6, 6.07) is 8.70. The second kappa shape index (κ2) is 8.22. The Morgan fingerprint density at radius 3 is 1.90 bits per heavy atom. The van der Waals surface area contributed by atoms with Crippen molar-refractivity contribution in [3.63, 3.8) is 0 Å². The van der Waals surface area contributed by atoms with Crippen molar-refractivity contribution < 1.29 is 33.3 Å². The van der Waals surface area contributed by atoms with Crippen LogP contribution in [0, 0.1) is 0 Å². The minimum atomic E-state index is -1.07. The average Bonchev–Trinajstić information content (AvgIpc) is 3.00. The van der Waals surface area contributed by atoms with Crippen LogP contribution in [-0.4, -0.2) is 50.1 Å². The average molecular weight is 399 g/mol. The predicted molar refractivity (Wildman–Crippen MR) is 102 cm³/mol. The number of carbonyl (C=O) groups is 3. The molecule has 8 heteroatoms. The Bertz CT molecular complexity index is 909. The van der Waals surface area contributed by atoms with Gasteiger partial charge >= 0.3 is 5.97 Å². The highest BCUT2D eigenvalue weighted by Crippen LogP contribution is 2.38. The van der Waals surface area contributed by atoms with E-state index in [-0.39, 0.29) is 17.7 Å². The molecule has 0 aromatic heterocycles. The van der Waals surface area contributed by atoms with Gasteiger partial charge in [0.1, 0.15) is 12.6 Å². The maximum Gasteiger partial charge on any atom is 0.329 e. The third-order valence-electron chi connectivity index (χ3n) is 4.66. The number of benzene rings is 2. The van der Waals surface area contributed by atoms with E-state index in [2.05, 4.69) is 0 Å². The second-order valence-corrected chi connectivity index (χ2v) is 6.34. The minimum absolute atomic E-state index is 0.0942. The van der Waals surface area contributed by atoms with E-state index in [0.29, 0.717) is 22.8 Å². The molecule has 29 heavy (non-hydrogen) atoms. The first-order chi connectivity index (χ1) is 13.9. The highest BCUT2D eigenvalue weighted by Gasteiger charge is 2.41. The molecule has 0 radical (unpaired) electrons. The topological polar surface area (TPSA) is 91.4 Å². The summed E-state index contributed by atoms with van der Waals surface area (Å²) >= 11 is 0. The number of carbonyl (C=O) groups excluding carboxylic acids is 3. The normalized spacial score (nSPS) is 13.7. The number of ether oxygens (including phenoxy) is 4. The molecule has 2 aromatic carbocycles. The van der Waals surface area contributed by atoms with Gasteiger partial charge in [0.25, 0.3) is 11.8 Å². The Morgan fingerprint density at radius 2 is 1.45 bits per heavy atom. The van der Waals surface area contributed by atoms with Crippen molar-refractivity contribution in [2.24, 2.45) is 0 Å². The van der Waals surface area contributed by atoms with E-state index in [1.807, 2.05) is 0 Å². The van der Waals surface area contributed by atoms with E-state index in [0.717, 1.165) is 4.90 Å². The van der Waals surface area contributed by atoms with Gasteiger partial charge in [-0.1, -0.05) is 12.1 Å². The van der Waals surface area contributed by atoms with E-state index in [1.165, 1.54) is 28.3 Å². The second-order valence-electron chi connectivity index (χ2n) is 6.34. The molecule has 0 spiro atoms. The third kappa shape index (κ3) is 3.61. The van der Waals surface area contributed by atoms with Gasteiger partial charge in [-0.05, 0) is 36.8 Å². The van der Waals surface area contributed by atoms with Gasteiger partial charge in [0.05, 0.1) is 32.5 Å². The Kier molecular flexibility index (Phi) is 5.72. The molecule has 2 amide bonds. The zero-order chi connectivity index (χ0) is 21.1. The lowest BCUT2D eigenvalue weighted by molar-refractivity contribution is -0.149. The number of rotatable bonds is 7. The van der Waals surface area contributed by atoms with Crippen LogP contribution in [0.5, 0.6) is 17.2 Å². The first kappa shape index (κ1) is 20.2.